The van der Waals surface area contributed by atoms with Crippen molar-refractivity contribution < 1.29 is 9.84 Å². The molecule has 0 radical (unpaired) electrons. The number of rotatable bonds is 10. The number of benzene rings is 3. The van der Waals surface area contributed by atoms with Gasteiger partial charge in [0, 0.05) is 24.8 Å². The summed E-state index contributed by atoms with van der Waals surface area (Å²) in [7, 11) is 1.74. The Morgan fingerprint density at radius 3 is 2.39 bits per heavy atom. The first kappa shape index (κ1) is 29.8. The number of nitrogens with one attached hydrogen (secondary N) is 1. The Kier molecular flexibility index (Phi) is 11.9. The van der Waals surface area contributed by atoms with E-state index in [1.54, 1.807) is 7.11 Å². The van der Waals surface area contributed by atoms with Crippen LogP contribution in [-0.2, 0) is 25.8 Å². The van der Waals surface area contributed by atoms with Crippen molar-refractivity contribution in [2.24, 2.45) is 0 Å². The quantitative estimate of drug-likeness (QED) is 0.286. The third-order valence-electron chi connectivity index (χ3n) is 7.05. The summed E-state index contributed by atoms with van der Waals surface area (Å²) >= 11 is 0. The molecule has 1 atom stereocenters. The van der Waals surface area contributed by atoms with Gasteiger partial charge in [0.1, 0.15) is 11.5 Å². The standard InChI is InChI=1S/C30H38N2O2.2ClH/c1-4-31-17-16-22-6-8-23(9-7-22)21-32(5-2)30-20-28(34-3)14-15-29(30)26-11-10-25-19-27(33)13-12-24(25)18-26;;/h6-9,12-15,19-20,26,31,33H,4-5,10-11,16-18,21H2,1-3H3;2*1H/t26-;;/m1../s1. The van der Waals surface area contributed by atoms with Crippen molar-refractivity contribution in [2.75, 3.05) is 31.6 Å². The molecule has 0 aliphatic heterocycles. The second-order valence-electron chi connectivity index (χ2n) is 9.25. The molecule has 0 fully saturated rings. The highest BCUT2D eigenvalue weighted by atomic mass is 35.5. The molecular weight excluding hydrogens is 491 g/mol. The molecule has 0 aromatic heterocycles. The lowest BCUT2D eigenvalue weighted by atomic mass is 9.79. The summed E-state index contributed by atoms with van der Waals surface area (Å²) in [5.41, 5.74) is 8.00. The van der Waals surface area contributed by atoms with E-state index >= 15 is 0 Å². The molecular formula is C30H40Cl2N2O2. The van der Waals surface area contributed by atoms with Crippen LogP contribution in [0.1, 0.15) is 54.0 Å². The van der Waals surface area contributed by atoms with Crippen LogP contribution in [0, 0.1) is 0 Å². The first-order chi connectivity index (χ1) is 16.6. The van der Waals surface area contributed by atoms with Gasteiger partial charge in [0.25, 0.3) is 0 Å². The van der Waals surface area contributed by atoms with Crippen molar-refractivity contribution >= 4 is 30.5 Å². The van der Waals surface area contributed by atoms with Crippen LogP contribution >= 0.6 is 24.8 Å². The Bertz CT molecular complexity index is 1090. The normalized spacial score (nSPS) is 14.2. The number of hydrogen-bond acceptors (Lipinski definition) is 4. The van der Waals surface area contributed by atoms with E-state index in [1.165, 1.54) is 33.5 Å². The molecule has 3 aromatic rings. The molecule has 36 heavy (non-hydrogen) atoms. The maximum absolute atomic E-state index is 9.87. The topological polar surface area (TPSA) is 44.7 Å². The molecule has 0 heterocycles. The lowest BCUT2D eigenvalue weighted by Crippen LogP contribution is -2.25. The van der Waals surface area contributed by atoms with Crippen molar-refractivity contribution in [1.29, 1.82) is 0 Å². The van der Waals surface area contributed by atoms with Gasteiger partial charge in [-0.1, -0.05) is 43.3 Å². The summed E-state index contributed by atoms with van der Waals surface area (Å²) in [5.74, 6) is 1.73. The van der Waals surface area contributed by atoms with E-state index in [9.17, 15) is 5.11 Å². The summed E-state index contributed by atoms with van der Waals surface area (Å²) in [5, 5.41) is 13.3. The van der Waals surface area contributed by atoms with Gasteiger partial charge in [-0.15, -0.1) is 24.8 Å². The maximum Gasteiger partial charge on any atom is 0.120 e. The number of fused-ring (bicyclic) bond motifs is 1. The van der Waals surface area contributed by atoms with E-state index < -0.39 is 0 Å². The number of ether oxygens (including phenoxy) is 1. The van der Waals surface area contributed by atoms with Crippen LogP contribution in [0.3, 0.4) is 0 Å². The largest absolute Gasteiger partial charge is 0.508 e. The van der Waals surface area contributed by atoms with Crippen LogP contribution in [0.5, 0.6) is 11.5 Å². The lowest BCUT2D eigenvalue weighted by molar-refractivity contribution is 0.414. The van der Waals surface area contributed by atoms with E-state index in [-0.39, 0.29) is 24.8 Å². The van der Waals surface area contributed by atoms with Gasteiger partial charge in [0.05, 0.1) is 7.11 Å². The van der Waals surface area contributed by atoms with E-state index in [2.05, 4.69) is 72.6 Å². The molecule has 2 N–H and O–H groups in total. The number of nitrogens with zero attached hydrogens (tertiary/aromatic N) is 1. The zero-order valence-corrected chi connectivity index (χ0v) is 23.3. The predicted molar refractivity (Wildman–Crippen MR) is 156 cm³/mol. The third-order valence-corrected chi connectivity index (χ3v) is 7.05. The molecule has 0 saturated carbocycles. The minimum atomic E-state index is 0. The number of methoxy groups -OCH3 is 1. The fraction of sp³-hybridized carbons (Fsp3) is 0.400. The summed E-state index contributed by atoms with van der Waals surface area (Å²) in [6.07, 6.45) is 4.16. The van der Waals surface area contributed by atoms with Crippen molar-refractivity contribution in [3.05, 3.63) is 88.5 Å². The van der Waals surface area contributed by atoms with Crippen molar-refractivity contribution in [3.8, 4) is 11.5 Å². The van der Waals surface area contributed by atoms with E-state index in [0.717, 1.165) is 57.6 Å². The highest BCUT2D eigenvalue weighted by Crippen LogP contribution is 2.40. The first-order valence-electron chi connectivity index (χ1n) is 12.6. The first-order valence-corrected chi connectivity index (χ1v) is 12.6. The second-order valence-corrected chi connectivity index (χ2v) is 9.25. The van der Waals surface area contributed by atoms with Crippen LogP contribution < -0.4 is 15.0 Å². The number of aryl methyl sites for hydroxylation is 1. The second kappa shape index (κ2) is 14.4. The molecule has 196 valence electrons. The van der Waals surface area contributed by atoms with E-state index in [0.29, 0.717) is 11.7 Å². The summed E-state index contributed by atoms with van der Waals surface area (Å²) in [4.78, 5) is 2.47. The monoisotopic (exact) mass is 530 g/mol. The molecule has 0 bridgehead atoms. The predicted octanol–water partition coefficient (Wildman–Crippen LogP) is 6.70. The van der Waals surface area contributed by atoms with Crippen LogP contribution in [-0.4, -0.2) is 31.9 Å². The molecule has 0 unspecified atom stereocenters. The number of anilines is 1. The Morgan fingerprint density at radius 2 is 1.69 bits per heavy atom. The summed E-state index contributed by atoms with van der Waals surface area (Å²) < 4.78 is 5.61. The minimum absolute atomic E-state index is 0. The highest BCUT2D eigenvalue weighted by Gasteiger charge is 2.24. The van der Waals surface area contributed by atoms with Crippen molar-refractivity contribution in [2.45, 2.75) is 52.0 Å². The van der Waals surface area contributed by atoms with Crippen molar-refractivity contribution in [3.63, 3.8) is 0 Å². The van der Waals surface area contributed by atoms with Gasteiger partial charge in [-0.25, -0.2) is 0 Å². The number of likely N-dealkylation sites (N-methyl/N-ethyl adjacent to an activating group) is 1. The Labute approximate surface area is 228 Å². The molecule has 1 aliphatic rings. The number of halogens is 2. The SMILES string of the molecule is CCNCCc1ccc(CN(CC)c2cc(OC)ccc2[C@@H]2CCc3cc(O)ccc3C2)cc1.Cl.Cl. The average molecular weight is 532 g/mol. The fourth-order valence-corrected chi connectivity index (χ4v) is 5.08. The van der Waals surface area contributed by atoms with Gasteiger partial charge in [-0.2, -0.15) is 0 Å². The van der Waals surface area contributed by atoms with Gasteiger partial charge in [0.15, 0.2) is 0 Å². The Morgan fingerprint density at radius 1 is 0.944 bits per heavy atom. The molecule has 4 nitrogen and oxygen atoms in total. The fourth-order valence-electron chi connectivity index (χ4n) is 5.08. The molecule has 0 saturated heterocycles. The molecule has 0 spiro atoms. The number of phenols is 1. The summed E-state index contributed by atoms with van der Waals surface area (Å²) in [6, 6.07) is 21.5. The van der Waals surface area contributed by atoms with Gasteiger partial charge in [-0.3, -0.25) is 0 Å². The zero-order valence-electron chi connectivity index (χ0n) is 21.6. The Hall–Kier alpha value is -2.40. The third kappa shape index (κ3) is 7.32. The number of hydrogen-bond donors (Lipinski definition) is 2. The summed E-state index contributed by atoms with van der Waals surface area (Å²) in [6.45, 7) is 8.22. The number of phenolic OH excluding ortho intramolecular Hbond substituents is 1. The minimum Gasteiger partial charge on any atom is -0.508 e. The lowest BCUT2D eigenvalue weighted by Gasteiger charge is -2.32. The molecule has 3 aromatic carbocycles. The van der Waals surface area contributed by atoms with Gasteiger partial charge < -0.3 is 20.1 Å². The number of aromatic hydroxyl groups is 1. The van der Waals surface area contributed by atoms with Gasteiger partial charge in [-0.05, 0) is 97.6 Å². The highest BCUT2D eigenvalue weighted by molar-refractivity contribution is 5.85. The molecule has 6 heteroatoms. The molecule has 0 amide bonds. The van der Waals surface area contributed by atoms with Gasteiger partial charge >= 0.3 is 0 Å². The molecule has 1 aliphatic carbocycles. The van der Waals surface area contributed by atoms with Gasteiger partial charge in [0.2, 0.25) is 0 Å². The van der Waals surface area contributed by atoms with E-state index in [4.69, 9.17) is 4.74 Å². The Balaban J connectivity index is 0.00000228. The van der Waals surface area contributed by atoms with Crippen LogP contribution in [0.15, 0.2) is 60.7 Å². The van der Waals surface area contributed by atoms with Crippen molar-refractivity contribution in [1.82, 2.24) is 5.32 Å². The molecule has 4 rings (SSSR count). The average Bonchev–Trinajstić information content (AvgIpc) is 2.87. The van der Waals surface area contributed by atoms with Crippen LogP contribution in [0.4, 0.5) is 5.69 Å². The zero-order chi connectivity index (χ0) is 23.9. The maximum atomic E-state index is 9.87. The van der Waals surface area contributed by atoms with E-state index in [1.807, 2.05) is 12.1 Å². The van der Waals surface area contributed by atoms with Crippen LogP contribution in [0.25, 0.3) is 0 Å². The van der Waals surface area contributed by atoms with Crippen LogP contribution in [0.2, 0.25) is 0 Å². The smallest absolute Gasteiger partial charge is 0.120 e.